The van der Waals surface area contributed by atoms with Crippen molar-refractivity contribution in [3.05, 3.63) is 29.8 Å². The van der Waals surface area contributed by atoms with Crippen LogP contribution in [0.15, 0.2) is 29.2 Å². The van der Waals surface area contributed by atoms with E-state index in [1.165, 1.54) is 0 Å². The Labute approximate surface area is 120 Å². The van der Waals surface area contributed by atoms with Gasteiger partial charge in [0.1, 0.15) is 0 Å². The van der Waals surface area contributed by atoms with E-state index in [1.54, 1.807) is 12.1 Å². The molecule has 1 aliphatic carbocycles. The third-order valence-electron chi connectivity index (χ3n) is 3.19. The highest BCUT2D eigenvalue weighted by atomic mass is 35.5. The second-order valence-corrected chi connectivity index (χ2v) is 7.46. The van der Waals surface area contributed by atoms with Crippen LogP contribution in [0.5, 0.6) is 0 Å². The summed E-state index contributed by atoms with van der Waals surface area (Å²) in [5, 5.41) is 0.122. The second-order valence-electron chi connectivity index (χ2n) is 5.13. The van der Waals surface area contributed by atoms with E-state index in [2.05, 4.69) is 11.6 Å². The smallest absolute Gasteiger partial charge is 0.208 e. The first-order chi connectivity index (χ1) is 9.01. The van der Waals surface area contributed by atoms with Gasteiger partial charge in [0, 0.05) is 11.4 Å². The van der Waals surface area contributed by atoms with Gasteiger partial charge >= 0.3 is 0 Å². The van der Waals surface area contributed by atoms with Crippen LogP contribution in [0, 0.1) is 0 Å². The average Bonchev–Trinajstić information content (AvgIpc) is 3.13. The Balaban J connectivity index is 2.01. The zero-order valence-electron chi connectivity index (χ0n) is 11.1. The number of hydrogen-bond donors (Lipinski definition) is 1. The molecule has 1 N–H and O–H groups in total. The first-order valence-electron chi connectivity index (χ1n) is 6.76. The van der Waals surface area contributed by atoms with E-state index < -0.39 is 10.0 Å². The lowest BCUT2D eigenvalue weighted by molar-refractivity contribution is 0.581. The molecule has 0 aliphatic heterocycles. The van der Waals surface area contributed by atoms with E-state index in [9.17, 15) is 8.42 Å². The highest BCUT2D eigenvalue weighted by Crippen LogP contribution is 2.22. The van der Waals surface area contributed by atoms with Gasteiger partial charge in [0.25, 0.3) is 0 Å². The molecular weight excluding hydrogens is 282 g/mol. The number of nitrogens with one attached hydrogen (secondary N) is 1. The van der Waals surface area contributed by atoms with Gasteiger partial charge in [0.05, 0.1) is 4.90 Å². The lowest BCUT2D eigenvalue weighted by Crippen LogP contribution is -2.25. The fraction of sp³-hybridized carbons (Fsp3) is 0.571. The zero-order chi connectivity index (χ0) is 13.9. The van der Waals surface area contributed by atoms with Crippen LogP contribution in [-0.4, -0.2) is 19.8 Å². The zero-order valence-corrected chi connectivity index (χ0v) is 12.7. The van der Waals surface area contributed by atoms with Crippen LogP contribution in [0.25, 0.3) is 0 Å². The van der Waals surface area contributed by atoms with Gasteiger partial charge in [0.15, 0.2) is 0 Å². The average molecular weight is 302 g/mol. The molecule has 1 aromatic carbocycles. The van der Waals surface area contributed by atoms with Gasteiger partial charge in [-0.15, -0.1) is 11.6 Å². The predicted octanol–water partition coefficient (Wildman–Crippen LogP) is 3.08. The Morgan fingerprint density at radius 1 is 1.32 bits per heavy atom. The molecule has 0 heterocycles. The van der Waals surface area contributed by atoms with Crippen molar-refractivity contribution in [3.63, 3.8) is 0 Å². The lowest BCUT2D eigenvalue weighted by atomic mass is 10.1. The molecule has 1 unspecified atom stereocenters. The van der Waals surface area contributed by atoms with Crippen LogP contribution >= 0.6 is 11.6 Å². The number of benzene rings is 1. The summed E-state index contributed by atoms with van der Waals surface area (Å²) in [6.45, 7) is 2.11. The SMILES string of the molecule is CCCC(Cl)Cc1ccc(S(=O)(=O)NC2CC2)cc1. The van der Waals surface area contributed by atoms with Crippen molar-refractivity contribution < 1.29 is 8.42 Å². The first kappa shape index (κ1) is 14.8. The van der Waals surface area contributed by atoms with E-state index >= 15 is 0 Å². The Kier molecular flexibility index (Phi) is 4.87. The summed E-state index contributed by atoms with van der Waals surface area (Å²) in [5.74, 6) is 0. The van der Waals surface area contributed by atoms with Gasteiger partial charge in [0.2, 0.25) is 10.0 Å². The molecule has 0 aromatic heterocycles. The summed E-state index contributed by atoms with van der Waals surface area (Å²) < 4.78 is 26.6. The van der Waals surface area contributed by atoms with E-state index in [0.717, 1.165) is 37.7 Å². The fourth-order valence-corrected chi connectivity index (χ4v) is 3.67. The third kappa shape index (κ3) is 4.48. The fourth-order valence-electron chi connectivity index (χ4n) is 1.96. The van der Waals surface area contributed by atoms with Gasteiger partial charge in [-0.2, -0.15) is 0 Å². The minimum atomic E-state index is -3.34. The molecule has 0 bridgehead atoms. The minimum Gasteiger partial charge on any atom is -0.208 e. The largest absolute Gasteiger partial charge is 0.240 e. The molecule has 106 valence electrons. The van der Waals surface area contributed by atoms with Crippen LogP contribution in [0.1, 0.15) is 38.2 Å². The van der Waals surface area contributed by atoms with Crippen molar-refractivity contribution in [3.8, 4) is 0 Å². The molecule has 1 aliphatic rings. The number of hydrogen-bond acceptors (Lipinski definition) is 2. The molecule has 3 nitrogen and oxygen atoms in total. The summed E-state index contributed by atoms with van der Waals surface area (Å²) in [5.41, 5.74) is 1.08. The van der Waals surface area contributed by atoms with Crippen LogP contribution in [0.2, 0.25) is 0 Å². The Hall–Kier alpha value is -0.580. The van der Waals surface area contributed by atoms with Gasteiger partial charge < -0.3 is 0 Å². The maximum atomic E-state index is 12.0. The Morgan fingerprint density at radius 2 is 1.95 bits per heavy atom. The third-order valence-corrected chi connectivity index (χ3v) is 5.10. The topological polar surface area (TPSA) is 46.2 Å². The van der Waals surface area contributed by atoms with Crippen LogP contribution in [-0.2, 0) is 16.4 Å². The second kappa shape index (κ2) is 6.25. The predicted molar refractivity (Wildman–Crippen MR) is 78.0 cm³/mol. The number of sulfonamides is 1. The molecule has 2 rings (SSSR count). The molecule has 0 saturated heterocycles. The van der Waals surface area contributed by atoms with E-state index in [4.69, 9.17) is 11.6 Å². The molecule has 0 amide bonds. The lowest BCUT2D eigenvalue weighted by Gasteiger charge is -2.09. The molecule has 1 fully saturated rings. The molecule has 0 spiro atoms. The highest BCUT2D eigenvalue weighted by Gasteiger charge is 2.27. The molecular formula is C14H20ClNO2S. The van der Waals surface area contributed by atoms with E-state index in [-0.39, 0.29) is 11.4 Å². The molecule has 1 saturated carbocycles. The van der Waals surface area contributed by atoms with Crippen molar-refractivity contribution >= 4 is 21.6 Å². The Morgan fingerprint density at radius 3 is 2.47 bits per heavy atom. The molecule has 5 heteroatoms. The van der Waals surface area contributed by atoms with Crippen molar-refractivity contribution in [1.82, 2.24) is 4.72 Å². The molecule has 1 aromatic rings. The molecule has 19 heavy (non-hydrogen) atoms. The van der Waals surface area contributed by atoms with Gasteiger partial charge in [-0.25, -0.2) is 13.1 Å². The highest BCUT2D eigenvalue weighted by molar-refractivity contribution is 7.89. The normalized spacial score (nSPS) is 17.4. The number of halogens is 1. The standard InChI is InChI=1S/C14H20ClNO2S/c1-2-3-12(15)10-11-4-8-14(9-5-11)19(17,18)16-13-6-7-13/h4-5,8-9,12-13,16H,2-3,6-7,10H2,1H3. The number of alkyl halides is 1. The molecule has 1 atom stereocenters. The van der Waals surface area contributed by atoms with Gasteiger partial charge in [-0.3, -0.25) is 0 Å². The summed E-state index contributed by atoms with van der Waals surface area (Å²) in [6, 6.07) is 7.17. The van der Waals surface area contributed by atoms with Gasteiger partial charge in [-0.05, 0) is 43.4 Å². The summed E-state index contributed by atoms with van der Waals surface area (Å²) in [6.07, 6.45) is 4.72. The van der Waals surface area contributed by atoms with Crippen molar-refractivity contribution in [1.29, 1.82) is 0 Å². The Bertz CT molecular complexity index is 509. The summed E-state index contributed by atoms with van der Waals surface area (Å²) in [7, 11) is -3.34. The monoisotopic (exact) mass is 301 g/mol. The summed E-state index contributed by atoms with van der Waals surface area (Å²) >= 11 is 6.19. The van der Waals surface area contributed by atoms with E-state index in [0.29, 0.717) is 4.90 Å². The van der Waals surface area contributed by atoms with E-state index in [1.807, 2.05) is 12.1 Å². The maximum Gasteiger partial charge on any atom is 0.240 e. The van der Waals surface area contributed by atoms with Crippen molar-refractivity contribution in [2.75, 3.05) is 0 Å². The molecule has 0 radical (unpaired) electrons. The summed E-state index contributed by atoms with van der Waals surface area (Å²) in [4.78, 5) is 0.338. The van der Waals surface area contributed by atoms with Crippen molar-refractivity contribution in [2.45, 2.75) is 55.3 Å². The van der Waals surface area contributed by atoms with Crippen LogP contribution < -0.4 is 4.72 Å². The van der Waals surface area contributed by atoms with Crippen molar-refractivity contribution in [2.24, 2.45) is 0 Å². The number of rotatable bonds is 7. The van der Waals surface area contributed by atoms with Crippen LogP contribution in [0.3, 0.4) is 0 Å². The maximum absolute atomic E-state index is 12.0. The first-order valence-corrected chi connectivity index (χ1v) is 8.68. The van der Waals surface area contributed by atoms with Crippen LogP contribution in [0.4, 0.5) is 0 Å². The van der Waals surface area contributed by atoms with Gasteiger partial charge in [-0.1, -0.05) is 25.5 Å². The quantitative estimate of drug-likeness (QED) is 0.787. The minimum absolute atomic E-state index is 0.122.